The van der Waals surface area contributed by atoms with E-state index in [1.807, 2.05) is 0 Å². The molecule has 0 aliphatic carbocycles. The van der Waals surface area contributed by atoms with Gasteiger partial charge in [0.1, 0.15) is 5.82 Å². The summed E-state index contributed by atoms with van der Waals surface area (Å²) in [5.41, 5.74) is 0.878. The average Bonchev–Trinajstić information content (AvgIpc) is 2.33. The summed E-state index contributed by atoms with van der Waals surface area (Å²) in [6, 6.07) is 0. The highest BCUT2D eigenvalue weighted by Crippen LogP contribution is 2.17. The van der Waals surface area contributed by atoms with Gasteiger partial charge in [-0.05, 0) is 12.3 Å². The lowest BCUT2D eigenvalue weighted by molar-refractivity contribution is 0.592. The Hall–Kier alpha value is -1.19. The summed E-state index contributed by atoms with van der Waals surface area (Å²) < 4.78 is 0. The van der Waals surface area contributed by atoms with Crippen molar-refractivity contribution >= 4 is 5.82 Å². The lowest BCUT2D eigenvalue weighted by Gasteiger charge is -2.18. The Kier molecular flexibility index (Phi) is 1.27. The first-order chi connectivity index (χ1) is 5.27. The summed E-state index contributed by atoms with van der Waals surface area (Å²) in [5.74, 6) is 1.42. The molecule has 0 aromatic carbocycles. The molecule has 1 aromatic heterocycles. The van der Waals surface area contributed by atoms with Crippen molar-refractivity contribution in [2.45, 2.75) is 13.3 Å². The highest BCUT2D eigenvalue weighted by Gasteiger charge is 2.18. The zero-order chi connectivity index (χ0) is 7.84. The van der Waals surface area contributed by atoms with E-state index >= 15 is 0 Å². The van der Waals surface area contributed by atoms with Crippen LogP contribution < -0.4 is 10.9 Å². The van der Waals surface area contributed by atoms with Crippen LogP contribution in [0.25, 0.3) is 0 Å². The van der Waals surface area contributed by atoms with Crippen LogP contribution in [0.15, 0.2) is 4.79 Å². The van der Waals surface area contributed by atoms with E-state index in [9.17, 15) is 4.79 Å². The van der Waals surface area contributed by atoms with E-state index in [1.165, 1.54) is 0 Å². The molecule has 2 heterocycles. The first kappa shape index (κ1) is 6.52. The van der Waals surface area contributed by atoms with Gasteiger partial charge in [-0.1, -0.05) is 6.92 Å². The van der Waals surface area contributed by atoms with Gasteiger partial charge in [0.15, 0.2) is 0 Å². The third-order valence-electron chi connectivity index (χ3n) is 2.06. The SMILES string of the molecule is C[C@@H]1CNc2[nH][nH]c(=O)c2C1. The number of H-pyrrole nitrogens is 2. The number of hydrogen-bond acceptors (Lipinski definition) is 2. The van der Waals surface area contributed by atoms with Crippen LogP contribution in [-0.4, -0.2) is 16.7 Å². The minimum atomic E-state index is 0.0130. The number of nitrogens with one attached hydrogen (secondary N) is 3. The van der Waals surface area contributed by atoms with Gasteiger partial charge in [-0.2, -0.15) is 0 Å². The van der Waals surface area contributed by atoms with Crippen molar-refractivity contribution in [3.63, 3.8) is 0 Å². The van der Waals surface area contributed by atoms with Crippen molar-refractivity contribution in [1.82, 2.24) is 10.2 Å². The highest BCUT2D eigenvalue weighted by atomic mass is 16.1. The van der Waals surface area contributed by atoms with Crippen LogP contribution >= 0.6 is 0 Å². The van der Waals surface area contributed by atoms with Gasteiger partial charge in [0.05, 0.1) is 5.56 Å². The number of fused-ring (bicyclic) bond motifs is 1. The second-order valence-corrected chi connectivity index (χ2v) is 3.12. The second-order valence-electron chi connectivity index (χ2n) is 3.12. The predicted octanol–water partition coefficient (Wildman–Crippen LogP) is 0.307. The highest BCUT2D eigenvalue weighted by molar-refractivity contribution is 5.44. The van der Waals surface area contributed by atoms with Gasteiger partial charge in [0.25, 0.3) is 5.56 Å². The molecule has 0 saturated carbocycles. The summed E-state index contributed by atoms with van der Waals surface area (Å²) in [4.78, 5) is 11.1. The Morgan fingerprint density at radius 2 is 2.27 bits per heavy atom. The zero-order valence-corrected chi connectivity index (χ0v) is 6.40. The van der Waals surface area contributed by atoms with Crippen molar-refractivity contribution in [3.8, 4) is 0 Å². The minimum absolute atomic E-state index is 0.0130. The normalized spacial score (nSPS) is 22.5. The molecule has 4 heteroatoms. The summed E-state index contributed by atoms with van der Waals surface area (Å²) in [5, 5.41) is 8.50. The fraction of sp³-hybridized carbons (Fsp3) is 0.571. The number of rotatable bonds is 0. The predicted molar refractivity (Wildman–Crippen MR) is 42.8 cm³/mol. The largest absolute Gasteiger partial charge is 0.370 e. The lowest BCUT2D eigenvalue weighted by atomic mass is 10.00. The molecule has 0 saturated heterocycles. The summed E-state index contributed by atoms with van der Waals surface area (Å²) in [6.45, 7) is 3.07. The molecule has 4 nitrogen and oxygen atoms in total. The molecule has 1 atom stereocenters. The molecule has 11 heavy (non-hydrogen) atoms. The van der Waals surface area contributed by atoms with Gasteiger partial charge < -0.3 is 5.32 Å². The van der Waals surface area contributed by atoms with E-state index in [1.54, 1.807) is 0 Å². The fourth-order valence-corrected chi connectivity index (χ4v) is 1.43. The van der Waals surface area contributed by atoms with E-state index < -0.39 is 0 Å². The smallest absolute Gasteiger partial charge is 0.269 e. The van der Waals surface area contributed by atoms with E-state index in [2.05, 4.69) is 22.4 Å². The van der Waals surface area contributed by atoms with Gasteiger partial charge >= 0.3 is 0 Å². The van der Waals surface area contributed by atoms with Gasteiger partial charge in [0, 0.05) is 6.54 Å². The Morgan fingerprint density at radius 3 is 3.09 bits per heavy atom. The van der Waals surface area contributed by atoms with Crippen molar-refractivity contribution in [2.24, 2.45) is 5.92 Å². The molecular formula is C7H11N3O. The summed E-state index contributed by atoms with van der Waals surface area (Å²) in [7, 11) is 0. The molecule has 1 aliphatic heterocycles. The second kappa shape index (κ2) is 2.15. The Bertz CT molecular complexity index is 312. The van der Waals surface area contributed by atoms with Crippen molar-refractivity contribution in [1.29, 1.82) is 0 Å². The molecular weight excluding hydrogens is 142 g/mol. The van der Waals surface area contributed by atoms with Gasteiger partial charge in [-0.15, -0.1) is 0 Å². The molecule has 1 aliphatic rings. The average molecular weight is 153 g/mol. The van der Waals surface area contributed by atoms with Crippen LogP contribution in [0.5, 0.6) is 0 Å². The maximum Gasteiger partial charge on any atom is 0.269 e. The first-order valence-corrected chi connectivity index (χ1v) is 3.81. The van der Waals surface area contributed by atoms with Crippen molar-refractivity contribution in [3.05, 3.63) is 15.9 Å². The third kappa shape index (κ3) is 0.943. The van der Waals surface area contributed by atoms with E-state index in [0.29, 0.717) is 5.92 Å². The Labute approximate surface area is 64.0 Å². The maximum absolute atomic E-state index is 11.1. The van der Waals surface area contributed by atoms with Crippen LogP contribution in [0.4, 0.5) is 5.82 Å². The molecule has 0 spiro atoms. The Balaban J connectivity index is 2.45. The molecule has 0 radical (unpaired) electrons. The third-order valence-corrected chi connectivity index (χ3v) is 2.06. The number of aromatic amines is 2. The van der Waals surface area contributed by atoms with Crippen LogP contribution in [0, 0.1) is 5.92 Å². The monoisotopic (exact) mass is 153 g/mol. The molecule has 2 rings (SSSR count). The number of aromatic nitrogens is 2. The standard InChI is InChI=1S/C7H11N3O/c1-4-2-5-6(8-3-4)9-10-7(5)11/h4H,2-3H2,1H3,(H3,8,9,10,11)/t4-/m0/s1. The molecule has 60 valence electrons. The van der Waals surface area contributed by atoms with E-state index in [-0.39, 0.29) is 5.56 Å². The number of anilines is 1. The molecule has 0 unspecified atom stereocenters. The minimum Gasteiger partial charge on any atom is -0.370 e. The molecule has 0 fully saturated rings. The number of hydrogen-bond donors (Lipinski definition) is 3. The van der Waals surface area contributed by atoms with E-state index in [0.717, 1.165) is 24.3 Å². The van der Waals surface area contributed by atoms with Crippen LogP contribution in [0.2, 0.25) is 0 Å². The summed E-state index contributed by atoms with van der Waals surface area (Å²) >= 11 is 0. The van der Waals surface area contributed by atoms with Crippen molar-refractivity contribution in [2.75, 3.05) is 11.9 Å². The van der Waals surface area contributed by atoms with Crippen LogP contribution in [-0.2, 0) is 6.42 Å². The van der Waals surface area contributed by atoms with Crippen LogP contribution in [0.1, 0.15) is 12.5 Å². The summed E-state index contributed by atoms with van der Waals surface area (Å²) in [6.07, 6.45) is 0.876. The zero-order valence-electron chi connectivity index (χ0n) is 6.40. The van der Waals surface area contributed by atoms with Gasteiger partial charge in [-0.3, -0.25) is 15.0 Å². The van der Waals surface area contributed by atoms with Gasteiger partial charge in [-0.25, -0.2) is 0 Å². The topological polar surface area (TPSA) is 60.7 Å². The lowest BCUT2D eigenvalue weighted by Crippen LogP contribution is -2.23. The first-order valence-electron chi connectivity index (χ1n) is 3.81. The van der Waals surface area contributed by atoms with E-state index in [4.69, 9.17) is 0 Å². The fourth-order valence-electron chi connectivity index (χ4n) is 1.43. The Morgan fingerprint density at radius 1 is 1.45 bits per heavy atom. The van der Waals surface area contributed by atoms with Crippen LogP contribution in [0.3, 0.4) is 0 Å². The molecule has 0 amide bonds. The quantitative estimate of drug-likeness (QED) is 0.502. The molecule has 1 aromatic rings. The molecule has 3 N–H and O–H groups in total. The van der Waals surface area contributed by atoms with Crippen molar-refractivity contribution < 1.29 is 0 Å². The maximum atomic E-state index is 11.1. The van der Waals surface area contributed by atoms with Gasteiger partial charge in [0.2, 0.25) is 0 Å². The molecule has 0 bridgehead atoms.